The molecule has 0 aliphatic rings. The molecule has 38 heavy (non-hydrogen) atoms. The summed E-state index contributed by atoms with van der Waals surface area (Å²) in [7, 11) is -4.07. The second kappa shape index (κ2) is 13.1. The molecule has 0 spiro atoms. The Morgan fingerprint density at radius 2 is 1.61 bits per heavy atom. The molecular weight excluding hydrogens is 566 g/mol. The number of sulfonamides is 1. The lowest BCUT2D eigenvalue weighted by atomic mass is 10.1. The van der Waals surface area contributed by atoms with E-state index in [0.29, 0.717) is 12.2 Å². The van der Waals surface area contributed by atoms with Crippen molar-refractivity contribution in [3.63, 3.8) is 0 Å². The molecule has 1 unspecified atom stereocenters. The van der Waals surface area contributed by atoms with Crippen LogP contribution < -0.4 is 9.62 Å². The lowest BCUT2D eigenvalue weighted by Gasteiger charge is -2.32. The first-order chi connectivity index (χ1) is 18.0. The number of hydrogen-bond donors (Lipinski definition) is 1. The maximum Gasteiger partial charge on any atom is 0.264 e. The highest BCUT2D eigenvalue weighted by Gasteiger charge is 2.32. The molecule has 0 saturated carbocycles. The van der Waals surface area contributed by atoms with E-state index in [0.717, 1.165) is 31.9 Å². The maximum absolute atomic E-state index is 13.9. The number of hydrogen-bond acceptors (Lipinski definition) is 4. The zero-order valence-electron chi connectivity index (χ0n) is 22.1. The van der Waals surface area contributed by atoms with Crippen molar-refractivity contribution < 1.29 is 18.0 Å². The van der Waals surface area contributed by atoms with E-state index < -0.39 is 28.5 Å². The quantitative estimate of drug-likeness (QED) is 0.328. The summed E-state index contributed by atoms with van der Waals surface area (Å²) >= 11 is 3.42. The molecule has 202 valence electrons. The summed E-state index contributed by atoms with van der Waals surface area (Å²) in [5.41, 5.74) is 3.12. The average Bonchev–Trinajstić information content (AvgIpc) is 2.91. The van der Waals surface area contributed by atoms with Gasteiger partial charge in [-0.25, -0.2) is 8.42 Å². The smallest absolute Gasteiger partial charge is 0.264 e. The first kappa shape index (κ1) is 29.4. The molecule has 1 N–H and O–H groups in total. The van der Waals surface area contributed by atoms with Gasteiger partial charge in [-0.15, -0.1) is 0 Å². The fraction of sp³-hybridized carbons (Fsp3) is 0.310. The van der Waals surface area contributed by atoms with Crippen LogP contribution in [0.2, 0.25) is 0 Å². The van der Waals surface area contributed by atoms with Gasteiger partial charge >= 0.3 is 0 Å². The molecular formula is C29H34BrN3O4S. The van der Waals surface area contributed by atoms with E-state index in [2.05, 4.69) is 21.2 Å². The fourth-order valence-corrected chi connectivity index (χ4v) is 5.59. The van der Waals surface area contributed by atoms with E-state index in [9.17, 15) is 18.0 Å². The molecule has 0 saturated heterocycles. The lowest BCUT2D eigenvalue weighted by Crippen LogP contribution is -2.51. The third-order valence-electron chi connectivity index (χ3n) is 6.37. The van der Waals surface area contributed by atoms with Crippen LogP contribution in [0.3, 0.4) is 0 Å². The Bertz CT molecular complexity index is 1360. The normalized spacial score (nSPS) is 12.0. The Kier molecular flexibility index (Phi) is 10.1. The van der Waals surface area contributed by atoms with Gasteiger partial charge in [0.1, 0.15) is 12.6 Å². The first-order valence-electron chi connectivity index (χ1n) is 12.5. The van der Waals surface area contributed by atoms with Gasteiger partial charge in [-0.3, -0.25) is 13.9 Å². The number of halogens is 1. The van der Waals surface area contributed by atoms with Crippen LogP contribution in [-0.4, -0.2) is 44.3 Å². The average molecular weight is 601 g/mol. The number of aryl methyl sites for hydroxylation is 2. The summed E-state index contributed by atoms with van der Waals surface area (Å²) in [5, 5.41) is 2.84. The fourth-order valence-electron chi connectivity index (χ4n) is 3.89. The van der Waals surface area contributed by atoms with Crippen molar-refractivity contribution in [3.05, 3.63) is 94.0 Å². The number of anilines is 1. The van der Waals surface area contributed by atoms with Gasteiger partial charge in [-0.1, -0.05) is 59.3 Å². The predicted octanol–water partition coefficient (Wildman–Crippen LogP) is 5.20. The van der Waals surface area contributed by atoms with Crippen LogP contribution in [0.1, 0.15) is 37.0 Å². The number of rotatable bonds is 11. The van der Waals surface area contributed by atoms with Crippen molar-refractivity contribution in [1.82, 2.24) is 10.2 Å². The third kappa shape index (κ3) is 7.23. The van der Waals surface area contributed by atoms with Gasteiger partial charge < -0.3 is 10.2 Å². The van der Waals surface area contributed by atoms with Crippen LogP contribution in [0.5, 0.6) is 0 Å². The molecule has 0 aliphatic carbocycles. The van der Waals surface area contributed by atoms with Crippen molar-refractivity contribution in [3.8, 4) is 0 Å². The molecule has 0 bridgehead atoms. The third-order valence-corrected chi connectivity index (χ3v) is 8.69. The number of benzene rings is 3. The van der Waals surface area contributed by atoms with E-state index in [1.54, 1.807) is 37.3 Å². The predicted molar refractivity (Wildman–Crippen MR) is 154 cm³/mol. The molecule has 1 atom stereocenters. The SMILES string of the molecule is CCCNC(=O)C(C)N(Cc1ccc(Br)cc1)C(=O)CN(c1ccc(C)c(C)c1)S(=O)(=O)c1ccccc1. The van der Waals surface area contributed by atoms with Crippen LogP contribution in [-0.2, 0) is 26.2 Å². The molecule has 3 rings (SSSR count). The highest BCUT2D eigenvalue weighted by Crippen LogP contribution is 2.26. The van der Waals surface area contributed by atoms with Crippen LogP contribution in [0.4, 0.5) is 5.69 Å². The molecule has 0 fully saturated rings. The Labute approximate surface area is 234 Å². The van der Waals surface area contributed by atoms with Gasteiger partial charge in [0.15, 0.2) is 0 Å². The van der Waals surface area contributed by atoms with E-state index in [1.165, 1.54) is 17.0 Å². The van der Waals surface area contributed by atoms with Crippen LogP contribution in [0.15, 0.2) is 82.2 Å². The monoisotopic (exact) mass is 599 g/mol. The molecule has 3 aromatic rings. The number of nitrogens with one attached hydrogen (secondary N) is 1. The van der Waals surface area contributed by atoms with Gasteiger partial charge in [-0.2, -0.15) is 0 Å². The Morgan fingerprint density at radius 3 is 2.21 bits per heavy atom. The molecule has 3 aromatic carbocycles. The van der Waals surface area contributed by atoms with Gasteiger partial charge in [-0.05, 0) is 80.3 Å². The summed E-state index contributed by atoms with van der Waals surface area (Å²) in [6.45, 7) is 7.63. The zero-order chi connectivity index (χ0) is 27.9. The zero-order valence-corrected chi connectivity index (χ0v) is 24.6. The van der Waals surface area contributed by atoms with Crippen LogP contribution in [0, 0.1) is 13.8 Å². The number of amides is 2. The molecule has 7 nitrogen and oxygen atoms in total. The van der Waals surface area contributed by atoms with Crippen molar-refractivity contribution in [2.45, 2.75) is 51.6 Å². The minimum absolute atomic E-state index is 0.0826. The topological polar surface area (TPSA) is 86.8 Å². The standard InChI is InChI=1S/C29H34BrN3O4S/c1-5-17-31-29(35)23(4)32(19-24-12-14-25(30)15-13-24)28(34)20-33(26-16-11-21(2)22(3)18-26)38(36,37)27-9-7-6-8-10-27/h6-16,18,23H,5,17,19-20H2,1-4H3,(H,31,35). The van der Waals surface area contributed by atoms with Crippen molar-refractivity contribution in [1.29, 1.82) is 0 Å². The van der Waals surface area contributed by atoms with Gasteiger partial charge in [0.05, 0.1) is 10.6 Å². The van der Waals surface area contributed by atoms with Crippen molar-refractivity contribution >= 4 is 43.5 Å². The highest BCUT2D eigenvalue weighted by atomic mass is 79.9. The van der Waals surface area contributed by atoms with Crippen LogP contribution >= 0.6 is 15.9 Å². The van der Waals surface area contributed by atoms with Crippen molar-refractivity contribution in [2.75, 3.05) is 17.4 Å². The summed E-state index contributed by atoms with van der Waals surface area (Å²) in [6, 6.07) is 20.0. The van der Waals surface area contributed by atoms with E-state index in [-0.39, 0.29) is 17.3 Å². The van der Waals surface area contributed by atoms with Gasteiger partial charge in [0.25, 0.3) is 10.0 Å². The molecule has 0 aliphatic heterocycles. The molecule has 0 heterocycles. The summed E-state index contributed by atoms with van der Waals surface area (Å²) in [5.74, 6) is -0.772. The van der Waals surface area contributed by atoms with E-state index >= 15 is 0 Å². The second-order valence-corrected chi connectivity index (χ2v) is 12.0. The van der Waals surface area contributed by atoms with E-state index in [4.69, 9.17) is 0 Å². The Morgan fingerprint density at radius 1 is 0.947 bits per heavy atom. The molecule has 9 heteroatoms. The summed E-state index contributed by atoms with van der Waals surface area (Å²) < 4.78 is 29.6. The number of carbonyl (C=O) groups excluding carboxylic acids is 2. The van der Waals surface area contributed by atoms with Crippen LogP contribution in [0.25, 0.3) is 0 Å². The largest absolute Gasteiger partial charge is 0.354 e. The number of carbonyl (C=O) groups is 2. The Hall–Kier alpha value is -3.17. The highest BCUT2D eigenvalue weighted by molar-refractivity contribution is 9.10. The number of nitrogens with zero attached hydrogens (tertiary/aromatic N) is 2. The summed E-state index contributed by atoms with van der Waals surface area (Å²) in [6.07, 6.45) is 0.759. The molecule has 0 aromatic heterocycles. The van der Waals surface area contributed by atoms with Gasteiger partial charge in [0, 0.05) is 17.6 Å². The first-order valence-corrected chi connectivity index (χ1v) is 14.7. The molecule has 0 radical (unpaired) electrons. The van der Waals surface area contributed by atoms with E-state index in [1.807, 2.05) is 51.1 Å². The molecule has 2 amide bonds. The van der Waals surface area contributed by atoms with Gasteiger partial charge in [0.2, 0.25) is 11.8 Å². The van der Waals surface area contributed by atoms with Crippen molar-refractivity contribution in [2.24, 2.45) is 0 Å². The maximum atomic E-state index is 13.9. The lowest BCUT2D eigenvalue weighted by molar-refractivity contribution is -0.139. The Balaban J connectivity index is 2.02. The minimum atomic E-state index is -4.07. The second-order valence-electron chi connectivity index (χ2n) is 9.21. The minimum Gasteiger partial charge on any atom is -0.354 e. The summed E-state index contributed by atoms with van der Waals surface area (Å²) in [4.78, 5) is 28.3.